The van der Waals surface area contributed by atoms with E-state index in [0.29, 0.717) is 17.7 Å². The minimum Gasteiger partial charge on any atom is -0.469 e. The number of carbonyl (C=O) groups is 7. The van der Waals surface area contributed by atoms with Crippen LogP contribution in [0.5, 0.6) is 5.75 Å². The molecule has 6 atom stereocenters. The Morgan fingerprint density at radius 2 is 1.52 bits per heavy atom. The van der Waals surface area contributed by atoms with Gasteiger partial charge in [0.15, 0.2) is 6.04 Å². The van der Waals surface area contributed by atoms with Gasteiger partial charge in [-0.3, -0.25) is 24.2 Å². The van der Waals surface area contributed by atoms with Crippen LogP contribution in [0.15, 0.2) is 29.3 Å². The number of β-lactam (4-membered cyclic amide) rings is 2. The fourth-order valence-electron chi connectivity index (χ4n) is 6.31. The Labute approximate surface area is 296 Å². The highest BCUT2D eigenvalue weighted by Gasteiger charge is 2.65. The van der Waals surface area contributed by atoms with Crippen molar-refractivity contribution in [3.8, 4) is 5.75 Å². The number of esters is 3. The van der Waals surface area contributed by atoms with E-state index in [0.717, 1.165) is 7.11 Å². The van der Waals surface area contributed by atoms with Crippen LogP contribution in [0.25, 0.3) is 0 Å². The monoisotopic (exact) mass is 734 g/mol. The van der Waals surface area contributed by atoms with Gasteiger partial charge in [0, 0.05) is 15.2 Å². The Morgan fingerprint density at radius 3 is 2.10 bits per heavy atom. The van der Waals surface area contributed by atoms with Crippen LogP contribution in [-0.4, -0.2) is 117 Å². The fourth-order valence-corrected chi connectivity index (χ4v) is 9.55. The Morgan fingerprint density at radius 1 is 0.920 bits per heavy atom. The van der Waals surface area contributed by atoms with Gasteiger partial charge in [0.2, 0.25) is 24.5 Å². The van der Waals surface area contributed by atoms with Crippen LogP contribution in [0.2, 0.25) is 0 Å². The summed E-state index contributed by atoms with van der Waals surface area (Å²) < 4.78 is 23.4. The van der Waals surface area contributed by atoms with E-state index in [2.05, 4.69) is 15.0 Å². The summed E-state index contributed by atoms with van der Waals surface area (Å²) in [6.07, 6.45) is -0.750. The van der Waals surface area contributed by atoms with Crippen molar-refractivity contribution in [2.24, 2.45) is 4.99 Å². The third-order valence-electron chi connectivity index (χ3n) is 8.70. The lowest BCUT2D eigenvalue weighted by Gasteiger charge is -2.44. The average molecular weight is 735 g/mol. The van der Waals surface area contributed by atoms with Gasteiger partial charge in [0.05, 0.1) is 32.4 Å². The van der Waals surface area contributed by atoms with E-state index in [-0.39, 0.29) is 23.5 Å². The molecule has 4 heterocycles. The number of carbonyl (C=O) groups excluding carboxylic acids is 7. The summed E-state index contributed by atoms with van der Waals surface area (Å²) in [5.74, 6) is -3.20. The molecule has 0 saturated carbocycles. The molecule has 4 fully saturated rings. The summed E-state index contributed by atoms with van der Waals surface area (Å²) in [5, 5.41) is 2.03. The van der Waals surface area contributed by atoms with Crippen LogP contribution in [0.3, 0.4) is 0 Å². The van der Waals surface area contributed by atoms with E-state index in [1.54, 1.807) is 20.8 Å². The van der Waals surface area contributed by atoms with Crippen molar-refractivity contribution >= 4 is 71.0 Å². The zero-order chi connectivity index (χ0) is 36.7. The predicted octanol–water partition coefficient (Wildman–Crippen LogP) is 1.94. The van der Waals surface area contributed by atoms with Crippen LogP contribution in [-0.2, 0) is 47.7 Å². The third kappa shape index (κ3) is 7.12. The Hall–Kier alpha value is -4.32. The zero-order valence-electron chi connectivity index (χ0n) is 28.5. The Bertz CT molecular complexity index is 1630. The number of benzene rings is 1. The van der Waals surface area contributed by atoms with E-state index in [1.165, 1.54) is 64.7 Å². The van der Waals surface area contributed by atoms with E-state index >= 15 is 0 Å². The number of amides is 3. The number of fused-ring (bicyclic) bond motifs is 2. The third-order valence-corrected chi connectivity index (χ3v) is 11.8. The van der Waals surface area contributed by atoms with E-state index in [1.807, 2.05) is 13.8 Å². The molecule has 4 saturated heterocycles. The van der Waals surface area contributed by atoms with Gasteiger partial charge in [-0.05, 0) is 52.3 Å². The standard InChI is InChI=1S/C32H38N4O12S2/c1-15(12-20(38)44-6)33-21(16-8-10-17(11-9-16)48-30(43)45-7)25(39)34-22-26(40)36-24(32(4,5)50-27(22)36)29(42)47-14-46-28(41)23-31(2,3)49-19-13-18(37)35(19)23/h8-11,19,21-24,27H,12-14H2,1-7H3,(H,34,39)/t19-,21?,22-,23+,24+,27-/m1/s1. The lowest BCUT2D eigenvalue weighted by Crippen LogP contribution is -2.71. The number of hydrogen-bond donors (Lipinski definition) is 1. The van der Waals surface area contributed by atoms with Crippen molar-refractivity contribution in [3.05, 3.63) is 29.8 Å². The molecule has 1 aromatic carbocycles. The largest absolute Gasteiger partial charge is 0.513 e. The first-order chi connectivity index (χ1) is 23.5. The van der Waals surface area contributed by atoms with Gasteiger partial charge in [-0.25, -0.2) is 14.4 Å². The maximum Gasteiger partial charge on any atom is 0.513 e. The molecule has 18 heteroatoms. The first-order valence-electron chi connectivity index (χ1n) is 15.6. The second kappa shape index (κ2) is 14.1. The number of thioether (sulfide) groups is 2. The molecule has 0 radical (unpaired) electrons. The zero-order valence-corrected chi connectivity index (χ0v) is 30.1. The van der Waals surface area contributed by atoms with Crippen molar-refractivity contribution in [1.82, 2.24) is 15.1 Å². The number of nitrogens with one attached hydrogen (secondary N) is 1. The summed E-state index contributed by atoms with van der Waals surface area (Å²) in [6.45, 7) is 8.07. The van der Waals surface area contributed by atoms with E-state index in [4.69, 9.17) is 18.9 Å². The van der Waals surface area contributed by atoms with E-state index < -0.39 is 81.7 Å². The topological polar surface area (TPSA) is 197 Å². The van der Waals surface area contributed by atoms with Crippen LogP contribution in [0, 0.1) is 0 Å². The Balaban J connectivity index is 1.24. The number of aliphatic imine (C=N–C) groups is 1. The van der Waals surface area contributed by atoms with Crippen LogP contribution in [0.1, 0.15) is 59.1 Å². The summed E-state index contributed by atoms with van der Waals surface area (Å²) >= 11 is 2.81. The molecule has 0 bridgehead atoms. The molecule has 16 nitrogen and oxygen atoms in total. The molecule has 0 aliphatic carbocycles. The minimum absolute atomic E-state index is 0.0872. The summed E-state index contributed by atoms with van der Waals surface area (Å²) in [5.41, 5.74) is 0.663. The molecule has 4 aliphatic heterocycles. The van der Waals surface area contributed by atoms with Gasteiger partial charge in [-0.1, -0.05) is 12.1 Å². The maximum atomic E-state index is 13.7. The minimum atomic E-state index is -1.20. The smallest absolute Gasteiger partial charge is 0.469 e. The van der Waals surface area contributed by atoms with Crippen molar-refractivity contribution < 1.29 is 57.2 Å². The molecule has 5 rings (SSSR count). The molecule has 1 aromatic rings. The number of rotatable bonds is 11. The highest BCUT2D eigenvalue weighted by Crippen LogP contribution is 2.52. The second-order valence-electron chi connectivity index (χ2n) is 13.0. The first kappa shape index (κ1) is 36.9. The van der Waals surface area contributed by atoms with Crippen molar-refractivity contribution in [3.63, 3.8) is 0 Å². The van der Waals surface area contributed by atoms with Crippen molar-refractivity contribution in [1.29, 1.82) is 0 Å². The molecule has 1 unspecified atom stereocenters. The van der Waals surface area contributed by atoms with Gasteiger partial charge in [-0.15, -0.1) is 23.5 Å². The van der Waals surface area contributed by atoms with Gasteiger partial charge < -0.3 is 38.8 Å². The molecular weight excluding hydrogens is 697 g/mol. The molecule has 50 heavy (non-hydrogen) atoms. The molecular formula is C32H38N4O12S2. The lowest BCUT2D eigenvalue weighted by molar-refractivity contribution is -0.181. The van der Waals surface area contributed by atoms with Crippen LogP contribution < -0.4 is 10.1 Å². The van der Waals surface area contributed by atoms with E-state index in [9.17, 15) is 33.6 Å². The number of ether oxygens (including phenoxy) is 5. The summed E-state index contributed by atoms with van der Waals surface area (Å²) in [6, 6.07) is 1.81. The van der Waals surface area contributed by atoms with Crippen molar-refractivity contribution in [2.45, 2.75) is 91.9 Å². The molecule has 4 aliphatic rings. The van der Waals surface area contributed by atoms with Gasteiger partial charge in [-0.2, -0.15) is 0 Å². The maximum absolute atomic E-state index is 13.7. The van der Waals surface area contributed by atoms with Crippen molar-refractivity contribution in [2.75, 3.05) is 21.0 Å². The number of nitrogens with zero attached hydrogens (tertiary/aromatic N) is 3. The number of methoxy groups -OCH3 is 2. The highest BCUT2D eigenvalue weighted by molar-refractivity contribution is 8.02. The molecule has 0 aromatic heterocycles. The Kier molecular flexibility index (Phi) is 10.4. The van der Waals surface area contributed by atoms with Crippen LogP contribution in [0.4, 0.5) is 4.79 Å². The highest BCUT2D eigenvalue weighted by atomic mass is 32.2. The molecule has 0 spiro atoms. The van der Waals surface area contributed by atoms with Gasteiger partial charge >= 0.3 is 24.1 Å². The van der Waals surface area contributed by atoms with Gasteiger partial charge in [0.25, 0.3) is 0 Å². The molecule has 3 amide bonds. The lowest BCUT2D eigenvalue weighted by atomic mass is 9.95. The summed E-state index contributed by atoms with van der Waals surface area (Å²) in [4.78, 5) is 96.1. The summed E-state index contributed by atoms with van der Waals surface area (Å²) in [7, 11) is 2.39. The quantitative estimate of drug-likeness (QED) is 0.0865. The number of hydrogen-bond acceptors (Lipinski definition) is 15. The van der Waals surface area contributed by atoms with Crippen LogP contribution >= 0.6 is 23.5 Å². The normalized spacial score (nSPS) is 26.4. The average Bonchev–Trinajstić information content (AvgIpc) is 3.44. The molecule has 270 valence electrons. The SMILES string of the molecule is COC(=O)CC(C)=NC(C(=O)N[C@@H]1C(=O)N2[C@@H]1SC(C)(C)[C@@H]2C(=O)OCOC(=O)[C@@H]1N2C(=O)C[C@H]2SC1(C)C)c1ccc(OC(=O)OC)cc1. The fraction of sp³-hybridized carbons (Fsp3) is 0.562. The second-order valence-corrected chi connectivity index (χ2v) is 16.6. The first-order valence-corrected chi connectivity index (χ1v) is 17.3. The predicted molar refractivity (Wildman–Crippen MR) is 178 cm³/mol. The molecule has 1 N–H and O–H groups in total. The van der Waals surface area contributed by atoms with Gasteiger partial charge in [0.1, 0.15) is 29.2 Å².